The van der Waals surface area contributed by atoms with E-state index in [1.165, 1.54) is 0 Å². The number of halogens is 3. The summed E-state index contributed by atoms with van der Waals surface area (Å²) >= 11 is 16.4. The van der Waals surface area contributed by atoms with Crippen molar-refractivity contribution in [2.75, 3.05) is 12.5 Å². The third kappa shape index (κ3) is 2.14. The van der Waals surface area contributed by atoms with E-state index >= 15 is 0 Å². The van der Waals surface area contributed by atoms with Crippen LogP contribution in [-0.4, -0.2) is 29.7 Å². The van der Waals surface area contributed by atoms with Crippen LogP contribution in [0.4, 0.5) is 0 Å². The maximum absolute atomic E-state index is 5.49. The fraction of sp³-hybridized carbons (Fsp3) is 1.00. The summed E-state index contributed by atoms with van der Waals surface area (Å²) in [6.07, 6.45) is -0.571. The zero-order valence-corrected chi connectivity index (χ0v) is 7.36. The highest BCUT2D eigenvalue weighted by molar-refractivity contribution is 6.44. The minimum atomic E-state index is -0.631. The van der Waals surface area contributed by atoms with Crippen molar-refractivity contribution in [3.63, 3.8) is 0 Å². The van der Waals surface area contributed by atoms with Crippen molar-refractivity contribution in [2.45, 2.75) is 17.2 Å². The normalized spacial score (nSPS) is 33.6. The summed E-state index contributed by atoms with van der Waals surface area (Å²) in [5, 5.41) is 0. The van der Waals surface area contributed by atoms with Crippen molar-refractivity contribution in [3.8, 4) is 0 Å². The van der Waals surface area contributed by atoms with Gasteiger partial charge >= 0.3 is 0 Å². The van der Waals surface area contributed by atoms with Crippen LogP contribution in [0, 0.1) is 0 Å². The van der Waals surface area contributed by atoms with Gasteiger partial charge in [0.05, 0.1) is 18.6 Å². The molecule has 0 aromatic rings. The van der Waals surface area contributed by atoms with E-state index in [-0.39, 0.29) is 6.10 Å². The molecule has 0 aliphatic carbocycles. The van der Waals surface area contributed by atoms with Crippen LogP contribution in [0.2, 0.25) is 0 Å². The van der Waals surface area contributed by atoms with Crippen LogP contribution >= 0.6 is 34.8 Å². The van der Waals surface area contributed by atoms with Gasteiger partial charge in [-0.05, 0) is 0 Å². The summed E-state index contributed by atoms with van der Waals surface area (Å²) in [7, 11) is 0. The van der Waals surface area contributed by atoms with E-state index in [1.54, 1.807) is 0 Å². The third-order valence-electron chi connectivity index (χ3n) is 1.15. The number of rotatable bonds is 2. The molecule has 0 aromatic heterocycles. The van der Waals surface area contributed by atoms with E-state index in [2.05, 4.69) is 0 Å². The Bertz CT molecular complexity index is 109. The average molecular weight is 205 g/mol. The number of alkyl halides is 3. The molecule has 60 valence electrons. The van der Waals surface area contributed by atoms with Crippen molar-refractivity contribution in [2.24, 2.45) is 0 Å². The molecule has 2 nitrogen and oxygen atoms in total. The lowest BCUT2D eigenvalue weighted by Gasteiger charge is -2.09. The molecule has 1 rings (SSSR count). The molecule has 1 fully saturated rings. The number of ether oxygens (including phenoxy) is 2. The second-order valence-electron chi connectivity index (χ2n) is 1.95. The average Bonchev–Trinajstić information content (AvgIpc) is 2.34. The maximum atomic E-state index is 5.49. The first kappa shape index (κ1) is 8.88. The first-order valence-corrected chi connectivity index (χ1v) is 4.26. The summed E-state index contributed by atoms with van der Waals surface area (Å²) in [6, 6.07) is 0. The Balaban J connectivity index is 2.28. The molecule has 0 aromatic carbocycles. The zero-order chi connectivity index (χ0) is 7.56. The summed E-state index contributed by atoms with van der Waals surface area (Å²) in [6.45, 7) is 0.476. The first-order chi connectivity index (χ1) is 4.74. The Labute approximate surface area is 74.3 Å². The molecule has 5 heteroatoms. The van der Waals surface area contributed by atoms with Gasteiger partial charge in [0.15, 0.2) is 11.1 Å². The lowest BCUT2D eigenvalue weighted by atomic mass is 10.4. The fourth-order valence-corrected chi connectivity index (χ4v) is 1.11. The molecule has 1 saturated heterocycles. The van der Waals surface area contributed by atoms with Crippen LogP contribution in [0.3, 0.4) is 0 Å². The lowest BCUT2D eigenvalue weighted by molar-refractivity contribution is -0.0427. The zero-order valence-electron chi connectivity index (χ0n) is 5.10. The minimum absolute atomic E-state index is 0.0633. The van der Waals surface area contributed by atoms with Crippen molar-refractivity contribution in [1.82, 2.24) is 0 Å². The third-order valence-corrected chi connectivity index (χ3v) is 1.91. The van der Waals surface area contributed by atoms with Crippen LogP contribution in [0.5, 0.6) is 0 Å². The molecule has 1 aliphatic rings. The molecule has 0 bridgehead atoms. The molecule has 0 amide bonds. The fourth-order valence-electron chi connectivity index (χ4n) is 0.683. The Morgan fingerprint density at radius 2 is 2.20 bits per heavy atom. The maximum Gasteiger partial charge on any atom is 0.188 e. The van der Waals surface area contributed by atoms with Crippen molar-refractivity contribution < 1.29 is 9.47 Å². The van der Waals surface area contributed by atoms with Gasteiger partial charge in [0.2, 0.25) is 0 Å². The van der Waals surface area contributed by atoms with Gasteiger partial charge in [-0.15, -0.1) is 11.6 Å². The van der Waals surface area contributed by atoms with Gasteiger partial charge in [-0.1, -0.05) is 23.2 Å². The van der Waals surface area contributed by atoms with Gasteiger partial charge in [0.25, 0.3) is 0 Å². The molecule has 2 atom stereocenters. The second-order valence-corrected chi connectivity index (χ2v) is 3.42. The van der Waals surface area contributed by atoms with Crippen molar-refractivity contribution >= 4 is 34.8 Å². The monoisotopic (exact) mass is 204 g/mol. The van der Waals surface area contributed by atoms with Crippen molar-refractivity contribution in [3.05, 3.63) is 0 Å². The molecule has 1 aliphatic heterocycles. The number of hydrogen-bond acceptors (Lipinski definition) is 2. The Morgan fingerprint density at radius 1 is 1.50 bits per heavy atom. The summed E-state index contributed by atoms with van der Waals surface area (Å²) < 4.78 is 10.2. The molecule has 0 saturated carbocycles. The molecule has 0 radical (unpaired) electrons. The highest BCUT2D eigenvalue weighted by Gasteiger charge is 2.29. The van der Waals surface area contributed by atoms with Crippen LogP contribution in [0.1, 0.15) is 0 Å². The van der Waals surface area contributed by atoms with Crippen LogP contribution in [-0.2, 0) is 9.47 Å². The van der Waals surface area contributed by atoms with Gasteiger partial charge in [0.1, 0.15) is 0 Å². The molecule has 10 heavy (non-hydrogen) atoms. The van der Waals surface area contributed by atoms with Gasteiger partial charge in [-0.3, -0.25) is 0 Å². The summed E-state index contributed by atoms with van der Waals surface area (Å²) in [5.74, 6) is 0.414. The van der Waals surface area contributed by atoms with E-state index in [0.717, 1.165) is 0 Å². The highest BCUT2D eigenvalue weighted by Crippen LogP contribution is 2.21. The Kier molecular flexibility index (Phi) is 3.53. The van der Waals surface area contributed by atoms with Crippen molar-refractivity contribution in [1.29, 1.82) is 0 Å². The molecule has 1 heterocycles. The van der Waals surface area contributed by atoms with Gasteiger partial charge in [0, 0.05) is 0 Å². The van der Waals surface area contributed by atoms with Gasteiger partial charge < -0.3 is 9.47 Å². The first-order valence-electron chi connectivity index (χ1n) is 2.85. The summed E-state index contributed by atoms with van der Waals surface area (Å²) in [5.41, 5.74) is 0. The highest BCUT2D eigenvalue weighted by atomic mass is 35.5. The van der Waals surface area contributed by atoms with E-state index in [9.17, 15) is 0 Å². The Hall–Kier alpha value is 0.790. The minimum Gasteiger partial charge on any atom is -0.347 e. The summed E-state index contributed by atoms with van der Waals surface area (Å²) in [4.78, 5) is -0.631. The number of hydrogen-bond donors (Lipinski definition) is 0. The van der Waals surface area contributed by atoms with Crippen LogP contribution < -0.4 is 0 Å². The lowest BCUT2D eigenvalue weighted by Crippen LogP contribution is -2.18. The topological polar surface area (TPSA) is 18.5 Å². The van der Waals surface area contributed by atoms with E-state index < -0.39 is 11.1 Å². The largest absolute Gasteiger partial charge is 0.347 e. The smallest absolute Gasteiger partial charge is 0.188 e. The molecule has 0 N–H and O–H groups in total. The molecular weight excluding hydrogens is 198 g/mol. The van der Waals surface area contributed by atoms with E-state index in [4.69, 9.17) is 44.3 Å². The molecule has 0 spiro atoms. The Morgan fingerprint density at radius 3 is 2.50 bits per heavy atom. The van der Waals surface area contributed by atoms with Crippen LogP contribution in [0.25, 0.3) is 0 Å². The van der Waals surface area contributed by atoms with E-state index in [0.29, 0.717) is 12.5 Å². The molecular formula is C5H7Cl3O2. The van der Waals surface area contributed by atoms with Crippen LogP contribution in [0.15, 0.2) is 0 Å². The predicted octanol–water partition coefficient (Wildman–Crippen LogP) is 1.77. The SMILES string of the molecule is ClCC1COC(C(Cl)Cl)O1. The standard InChI is InChI=1S/C5H7Cl3O2/c6-1-3-2-9-5(10-3)4(7)8/h3-5H,1-2H2. The van der Waals surface area contributed by atoms with E-state index in [1.807, 2.05) is 0 Å². The van der Waals surface area contributed by atoms with Gasteiger partial charge in [-0.25, -0.2) is 0 Å². The second kappa shape index (κ2) is 3.98. The quantitative estimate of drug-likeness (QED) is 0.640. The predicted molar refractivity (Wildman–Crippen MR) is 40.8 cm³/mol. The molecule has 2 unspecified atom stereocenters. The van der Waals surface area contributed by atoms with Gasteiger partial charge in [-0.2, -0.15) is 0 Å².